The quantitative estimate of drug-likeness (QED) is 0.566. The first kappa shape index (κ1) is 12.2. The lowest BCUT2D eigenvalue weighted by Crippen LogP contribution is -2.09. The van der Waals surface area contributed by atoms with Crippen LogP contribution in [0.25, 0.3) is 21.8 Å². The molecule has 0 fully saturated rings. The molecule has 4 rings (SSSR count). The lowest BCUT2D eigenvalue weighted by atomic mass is 10.2. The monoisotopic (exact) mass is 294 g/mol. The zero-order valence-corrected chi connectivity index (χ0v) is 11.7. The SMILES string of the molecule is Clc1cc(Nn2c3ccccc3c3ccccc32)ncn1. The van der Waals surface area contributed by atoms with Gasteiger partial charge < -0.3 is 0 Å². The second-order valence-corrected chi connectivity index (χ2v) is 5.09. The van der Waals surface area contributed by atoms with Gasteiger partial charge in [0.25, 0.3) is 0 Å². The first-order valence-electron chi connectivity index (χ1n) is 6.56. The van der Waals surface area contributed by atoms with Crippen molar-refractivity contribution in [3.8, 4) is 0 Å². The van der Waals surface area contributed by atoms with Gasteiger partial charge in [0.15, 0.2) is 0 Å². The number of rotatable bonds is 2. The Morgan fingerprint density at radius 1 is 0.857 bits per heavy atom. The maximum atomic E-state index is 5.92. The molecule has 4 nitrogen and oxygen atoms in total. The molecule has 102 valence electrons. The van der Waals surface area contributed by atoms with E-state index in [1.54, 1.807) is 6.07 Å². The Morgan fingerprint density at radius 3 is 2.10 bits per heavy atom. The zero-order chi connectivity index (χ0) is 14.2. The van der Waals surface area contributed by atoms with Crippen LogP contribution in [0.3, 0.4) is 0 Å². The number of aromatic nitrogens is 3. The van der Waals surface area contributed by atoms with E-state index in [-0.39, 0.29) is 0 Å². The van der Waals surface area contributed by atoms with Crippen molar-refractivity contribution in [2.45, 2.75) is 0 Å². The lowest BCUT2D eigenvalue weighted by molar-refractivity contribution is 1.02. The van der Waals surface area contributed by atoms with Gasteiger partial charge in [0, 0.05) is 16.8 Å². The van der Waals surface area contributed by atoms with Crippen LogP contribution in [0.5, 0.6) is 0 Å². The van der Waals surface area contributed by atoms with E-state index in [0.717, 1.165) is 11.0 Å². The van der Waals surface area contributed by atoms with Gasteiger partial charge in [0.1, 0.15) is 17.3 Å². The van der Waals surface area contributed by atoms with Crippen LogP contribution in [-0.2, 0) is 0 Å². The van der Waals surface area contributed by atoms with Gasteiger partial charge in [-0.3, -0.25) is 10.1 Å². The maximum Gasteiger partial charge on any atom is 0.149 e. The number of hydrogen-bond donors (Lipinski definition) is 1. The second kappa shape index (κ2) is 4.75. The first-order chi connectivity index (χ1) is 10.3. The maximum absolute atomic E-state index is 5.92. The highest BCUT2D eigenvalue weighted by Crippen LogP contribution is 2.28. The molecule has 2 aromatic carbocycles. The smallest absolute Gasteiger partial charge is 0.149 e. The summed E-state index contributed by atoms with van der Waals surface area (Å²) in [6.45, 7) is 0. The van der Waals surface area contributed by atoms with Gasteiger partial charge in [-0.2, -0.15) is 0 Å². The van der Waals surface area contributed by atoms with Gasteiger partial charge >= 0.3 is 0 Å². The standard InChI is InChI=1S/C16H11ClN4/c17-15-9-16(19-10-18-15)20-21-13-7-3-1-5-11(13)12-6-2-4-8-14(12)21/h1-10H,(H,18,19,20). The number of nitrogens with one attached hydrogen (secondary N) is 1. The molecule has 0 bridgehead atoms. The Hall–Kier alpha value is -2.59. The van der Waals surface area contributed by atoms with E-state index >= 15 is 0 Å². The second-order valence-electron chi connectivity index (χ2n) is 4.71. The van der Waals surface area contributed by atoms with Crippen molar-refractivity contribution in [2.75, 3.05) is 5.43 Å². The number of para-hydroxylation sites is 2. The molecular weight excluding hydrogens is 284 g/mol. The molecule has 0 saturated heterocycles. The van der Waals surface area contributed by atoms with Crippen LogP contribution in [0.15, 0.2) is 60.9 Å². The Morgan fingerprint density at radius 2 is 1.48 bits per heavy atom. The summed E-state index contributed by atoms with van der Waals surface area (Å²) in [4.78, 5) is 8.10. The molecule has 21 heavy (non-hydrogen) atoms. The van der Waals surface area contributed by atoms with Crippen molar-refractivity contribution in [3.63, 3.8) is 0 Å². The molecule has 1 N–H and O–H groups in total. The van der Waals surface area contributed by atoms with E-state index < -0.39 is 0 Å². The van der Waals surface area contributed by atoms with E-state index in [1.807, 2.05) is 28.9 Å². The average molecular weight is 295 g/mol. The highest BCUT2D eigenvalue weighted by atomic mass is 35.5. The van der Waals surface area contributed by atoms with Crippen LogP contribution in [-0.4, -0.2) is 14.6 Å². The van der Waals surface area contributed by atoms with Gasteiger partial charge in [-0.1, -0.05) is 48.0 Å². The van der Waals surface area contributed by atoms with Gasteiger partial charge in [0.05, 0.1) is 11.0 Å². The topological polar surface area (TPSA) is 42.7 Å². The lowest BCUT2D eigenvalue weighted by Gasteiger charge is -2.09. The molecule has 2 aromatic heterocycles. The molecule has 5 heteroatoms. The minimum atomic E-state index is 0.410. The first-order valence-corrected chi connectivity index (χ1v) is 6.93. The Bertz CT molecular complexity index is 892. The van der Waals surface area contributed by atoms with Crippen LogP contribution < -0.4 is 5.43 Å². The zero-order valence-electron chi connectivity index (χ0n) is 11.0. The molecule has 0 unspecified atom stereocenters. The van der Waals surface area contributed by atoms with E-state index in [1.165, 1.54) is 17.1 Å². The van der Waals surface area contributed by atoms with Crippen molar-refractivity contribution in [1.82, 2.24) is 14.6 Å². The number of nitrogens with zero attached hydrogens (tertiary/aromatic N) is 3. The molecule has 0 aliphatic heterocycles. The van der Waals surface area contributed by atoms with E-state index in [4.69, 9.17) is 11.6 Å². The third-order valence-electron chi connectivity index (χ3n) is 3.44. The number of halogens is 1. The Balaban J connectivity index is 1.97. The van der Waals surface area contributed by atoms with E-state index in [9.17, 15) is 0 Å². The molecule has 0 aliphatic rings. The van der Waals surface area contributed by atoms with Crippen molar-refractivity contribution < 1.29 is 0 Å². The summed E-state index contributed by atoms with van der Waals surface area (Å²) in [7, 11) is 0. The van der Waals surface area contributed by atoms with Crippen molar-refractivity contribution in [1.29, 1.82) is 0 Å². The molecular formula is C16H11ClN4. The third kappa shape index (κ3) is 2.00. The largest absolute Gasteiger partial charge is 0.277 e. The predicted molar refractivity (Wildman–Crippen MR) is 85.5 cm³/mol. The predicted octanol–water partition coefficient (Wildman–Crippen LogP) is 4.11. The minimum absolute atomic E-state index is 0.410. The van der Waals surface area contributed by atoms with Crippen molar-refractivity contribution in [2.24, 2.45) is 0 Å². The molecule has 2 heterocycles. The fourth-order valence-corrected chi connectivity index (χ4v) is 2.70. The van der Waals surface area contributed by atoms with Crippen LogP contribution in [0.2, 0.25) is 5.15 Å². The molecule has 0 spiro atoms. The van der Waals surface area contributed by atoms with E-state index in [0.29, 0.717) is 11.0 Å². The Labute approximate surface area is 126 Å². The fourth-order valence-electron chi connectivity index (χ4n) is 2.55. The summed E-state index contributed by atoms with van der Waals surface area (Å²) in [5.41, 5.74) is 5.47. The van der Waals surface area contributed by atoms with Gasteiger partial charge in [-0.15, -0.1) is 0 Å². The number of hydrogen-bond acceptors (Lipinski definition) is 3. The summed E-state index contributed by atoms with van der Waals surface area (Å²) in [5, 5.41) is 2.80. The number of anilines is 1. The highest BCUT2D eigenvalue weighted by Gasteiger charge is 2.10. The summed E-state index contributed by atoms with van der Waals surface area (Å²) >= 11 is 5.92. The molecule has 0 amide bonds. The average Bonchev–Trinajstić information content (AvgIpc) is 2.83. The Kier molecular flexibility index (Phi) is 2.75. The third-order valence-corrected chi connectivity index (χ3v) is 3.65. The van der Waals surface area contributed by atoms with Gasteiger partial charge in [-0.05, 0) is 12.1 Å². The van der Waals surface area contributed by atoms with Crippen LogP contribution in [0.1, 0.15) is 0 Å². The number of fused-ring (bicyclic) bond motifs is 3. The molecule has 4 aromatic rings. The van der Waals surface area contributed by atoms with Crippen molar-refractivity contribution in [3.05, 3.63) is 66.1 Å². The summed E-state index contributed by atoms with van der Waals surface area (Å²) in [5.74, 6) is 0.654. The molecule has 0 aliphatic carbocycles. The molecule has 0 saturated carbocycles. The van der Waals surface area contributed by atoms with Crippen LogP contribution in [0.4, 0.5) is 5.82 Å². The minimum Gasteiger partial charge on any atom is -0.277 e. The van der Waals surface area contributed by atoms with E-state index in [2.05, 4.69) is 39.7 Å². The summed E-state index contributed by atoms with van der Waals surface area (Å²) < 4.78 is 2.02. The van der Waals surface area contributed by atoms with Crippen LogP contribution >= 0.6 is 11.6 Å². The normalized spacial score (nSPS) is 11.1. The summed E-state index contributed by atoms with van der Waals surface area (Å²) in [6, 6.07) is 18.2. The van der Waals surface area contributed by atoms with Crippen LogP contribution in [0, 0.1) is 0 Å². The van der Waals surface area contributed by atoms with Crippen molar-refractivity contribution >= 4 is 39.2 Å². The highest BCUT2D eigenvalue weighted by molar-refractivity contribution is 6.29. The molecule has 0 atom stereocenters. The summed E-state index contributed by atoms with van der Waals surface area (Å²) in [6.07, 6.45) is 1.44. The van der Waals surface area contributed by atoms with Gasteiger partial charge in [0.2, 0.25) is 0 Å². The fraction of sp³-hybridized carbons (Fsp3) is 0. The molecule has 0 radical (unpaired) electrons. The number of benzene rings is 2. The van der Waals surface area contributed by atoms with Gasteiger partial charge in [-0.25, -0.2) is 9.97 Å².